The van der Waals surface area contributed by atoms with Crippen LogP contribution in [0.3, 0.4) is 0 Å². The molecule has 32 valence electrons. The van der Waals surface area contributed by atoms with Crippen molar-refractivity contribution in [1.29, 1.82) is 0 Å². The number of aliphatic imine (C=N–C) groups is 1. The molecule has 0 saturated carbocycles. The zero-order valence-corrected chi connectivity index (χ0v) is 3.86. The SMILES string of the molecule is C=C=NC(=C)C. The normalized spacial score (nSPS) is 6.17. The minimum atomic E-state index is 0.741. The zero-order valence-electron chi connectivity index (χ0n) is 3.86. The predicted molar refractivity (Wildman–Crippen MR) is 27.9 cm³/mol. The predicted octanol–water partition coefficient (Wildman–Crippen LogP) is 1.38. The second-order valence-electron chi connectivity index (χ2n) is 1.01. The summed E-state index contributed by atoms with van der Waals surface area (Å²) in [5.74, 6) is 2.34. The molecular weight excluding hydrogens is 74.1 g/mol. The molecule has 0 aliphatic heterocycles. The summed E-state index contributed by atoms with van der Waals surface area (Å²) in [6.45, 7) is 8.51. The lowest BCUT2D eigenvalue weighted by atomic mass is 10.6. The molecule has 1 heteroatoms. The van der Waals surface area contributed by atoms with Gasteiger partial charge in [0.1, 0.15) is 0 Å². The second kappa shape index (κ2) is 2.43. The Morgan fingerprint density at radius 3 is 2.33 bits per heavy atom. The van der Waals surface area contributed by atoms with Crippen LogP contribution in [-0.2, 0) is 0 Å². The summed E-state index contributed by atoms with van der Waals surface area (Å²) in [4.78, 5) is 3.57. The lowest BCUT2D eigenvalue weighted by molar-refractivity contribution is 1.35. The quantitative estimate of drug-likeness (QED) is 0.423. The Kier molecular flexibility index (Phi) is 2.10. The van der Waals surface area contributed by atoms with Crippen LogP contribution in [0.15, 0.2) is 23.8 Å². The van der Waals surface area contributed by atoms with Crippen LogP contribution in [0.1, 0.15) is 6.92 Å². The van der Waals surface area contributed by atoms with Crippen molar-refractivity contribution in [3.8, 4) is 0 Å². The van der Waals surface area contributed by atoms with Gasteiger partial charge in [-0.1, -0.05) is 6.58 Å². The molecule has 0 aromatic heterocycles. The largest absolute Gasteiger partial charge is 0.212 e. The Hall–Kier alpha value is -0.810. The van der Waals surface area contributed by atoms with Crippen molar-refractivity contribution in [1.82, 2.24) is 0 Å². The zero-order chi connectivity index (χ0) is 4.99. The van der Waals surface area contributed by atoms with Crippen LogP contribution in [0.5, 0.6) is 0 Å². The van der Waals surface area contributed by atoms with Crippen molar-refractivity contribution in [3.05, 3.63) is 18.9 Å². The van der Waals surface area contributed by atoms with E-state index in [1.54, 1.807) is 6.92 Å². The summed E-state index contributed by atoms with van der Waals surface area (Å²) in [6.07, 6.45) is 0. The topological polar surface area (TPSA) is 12.4 Å². The molecule has 0 spiro atoms. The van der Waals surface area contributed by atoms with Crippen LogP contribution in [0, 0.1) is 0 Å². The molecule has 0 aliphatic rings. The standard InChI is InChI=1S/C5H7N/c1-4-6-5(2)3/h1-2H2,3H3. The van der Waals surface area contributed by atoms with Gasteiger partial charge in [0.2, 0.25) is 0 Å². The summed E-state index contributed by atoms with van der Waals surface area (Å²) in [5, 5.41) is 0. The lowest BCUT2D eigenvalue weighted by Gasteiger charge is -1.72. The van der Waals surface area contributed by atoms with Crippen molar-refractivity contribution >= 4 is 5.87 Å². The van der Waals surface area contributed by atoms with E-state index in [1.807, 2.05) is 0 Å². The van der Waals surface area contributed by atoms with Gasteiger partial charge in [-0.2, -0.15) is 0 Å². The number of rotatable bonds is 1. The average molecular weight is 81.1 g/mol. The maximum atomic E-state index is 3.57. The minimum absolute atomic E-state index is 0.741. The molecule has 0 aromatic carbocycles. The molecule has 0 N–H and O–H groups in total. The highest BCUT2D eigenvalue weighted by molar-refractivity contribution is 5.48. The maximum absolute atomic E-state index is 3.57. The molecule has 0 rings (SSSR count). The van der Waals surface area contributed by atoms with E-state index in [0.717, 1.165) is 5.70 Å². The molecule has 0 unspecified atom stereocenters. The van der Waals surface area contributed by atoms with E-state index in [2.05, 4.69) is 24.0 Å². The van der Waals surface area contributed by atoms with Gasteiger partial charge in [0.15, 0.2) is 0 Å². The number of hydrogen-bond donors (Lipinski definition) is 0. The van der Waals surface area contributed by atoms with Crippen molar-refractivity contribution in [3.63, 3.8) is 0 Å². The maximum Gasteiger partial charge on any atom is 0.0400 e. The van der Waals surface area contributed by atoms with Crippen molar-refractivity contribution in [2.75, 3.05) is 0 Å². The molecule has 0 aromatic rings. The third kappa shape index (κ3) is 3.19. The van der Waals surface area contributed by atoms with Gasteiger partial charge in [-0.3, -0.25) is 0 Å². The Morgan fingerprint density at radius 2 is 2.33 bits per heavy atom. The highest BCUT2D eigenvalue weighted by atomic mass is 14.7. The van der Waals surface area contributed by atoms with Crippen LogP contribution in [-0.4, -0.2) is 5.87 Å². The molecule has 0 bridgehead atoms. The van der Waals surface area contributed by atoms with Crippen LogP contribution in [0.2, 0.25) is 0 Å². The number of allylic oxidation sites excluding steroid dienone is 1. The molecule has 0 fully saturated rings. The van der Waals surface area contributed by atoms with E-state index in [0.29, 0.717) is 0 Å². The molecule has 0 amide bonds. The number of hydrogen-bond acceptors (Lipinski definition) is 1. The second-order valence-corrected chi connectivity index (χ2v) is 1.01. The third-order valence-electron chi connectivity index (χ3n) is 0.270. The van der Waals surface area contributed by atoms with Gasteiger partial charge < -0.3 is 0 Å². The van der Waals surface area contributed by atoms with E-state index >= 15 is 0 Å². The van der Waals surface area contributed by atoms with E-state index < -0.39 is 0 Å². The monoisotopic (exact) mass is 81.1 g/mol. The first kappa shape index (κ1) is 5.19. The van der Waals surface area contributed by atoms with Gasteiger partial charge in [0.05, 0.1) is 0 Å². The van der Waals surface area contributed by atoms with Gasteiger partial charge >= 0.3 is 0 Å². The molecule has 6 heavy (non-hydrogen) atoms. The van der Waals surface area contributed by atoms with Gasteiger partial charge in [0, 0.05) is 5.70 Å². The first-order valence-corrected chi connectivity index (χ1v) is 1.65. The van der Waals surface area contributed by atoms with Crippen LogP contribution in [0.4, 0.5) is 0 Å². The fourth-order valence-electron chi connectivity index (χ4n) is 0.135. The number of nitrogens with zero attached hydrogens (tertiary/aromatic N) is 1. The molecule has 0 saturated heterocycles. The summed E-state index contributed by atoms with van der Waals surface area (Å²) in [7, 11) is 0. The minimum Gasteiger partial charge on any atom is -0.212 e. The highest BCUT2D eigenvalue weighted by Crippen LogP contribution is 1.81. The fraction of sp³-hybridized carbons (Fsp3) is 0.200. The van der Waals surface area contributed by atoms with E-state index in [4.69, 9.17) is 0 Å². The lowest BCUT2D eigenvalue weighted by Crippen LogP contribution is -1.55. The van der Waals surface area contributed by atoms with Gasteiger partial charge in [-0.15, -0.1) is 0 Å². The van der Waals surface area contributed by atoms with Crippen LogP contribution >= 0.6 is 0 Å². The highest BCUT2D eigenvalue weighted by Gasteiger charge is 1.63. The van der Waals surface area contributed by atoms with Crippen molar-refractivity contribution in [2.45, 2.75) is 6.92 Å². The summed E-state index contributed by atoms with van der Waals surface area (Å²) < 4.78 is 0. The Balaban J connectivity index is 3.60. The van der Waals surface area contributed by atoms with Crippen molar-refractivity contribution in [2.24, 2.45) is 4.99 Å². The van der Waals surface area contributed by atoms with Crippen LogP contribution < -0.4 is 0 Å². The molecule has 1 nitrogen and oxygen atoms in total. The molecule has 0 radical (unpaired) electrons. The first-order chi connectivity index (χ1) is 2.77. The summed E-state index contributed by atoms with van der Waals surface area (Å²) in [6, 6.07) is 0. The van der Waals surface area contributed by atoms with E-state index in [-0.39, 0.29) is 0 Å². The molecule has 0 atom stereocenters. The summed E-state index contributed by atoms with van der Waals surface area (Å²) >= 11 is 0. The Morgan fingerprint density at radius 1 is 1.83 bits per heavy atom. The molecule has 0 heterocycles. The smallest absolute Gasteiger partial charge is 0.0400 e. The third-order valence-corrected chi connectivity index (χ3v) is 0.270. The molecular formula is C5H7N. The Labute approximate surface area is 37.7 Å². The van der Waals surface area contributed by atoms with Crippen molar-refractivity contribution < 1.29 is 0 Å². The summed E-state index contributed by atoms with van der Waals surface area (Å²) in [5.41, 5.74) is 0.741. The first-order valence-electron chi connectivity index (χ1n) is 1.65. The van der Waals surface area contributed by atoms with E-state index in [9.17, 15) is 0 Å². The fourth-order valence-corrected chi connectivity index (χ4v) is 0.135. The average Bonchev–Trinajstić information content (AvgIpc) is 1.35. The van der Waals surface area contributed by atoms with Crippen LogP contribution in [0.25, 0.3) is 0 Å². The van der Waals surface area contributed by atoms with Gasteiger partial charge in [-0.05, 0) is 19.4 Å². The molecule has 0 aliphatic carbocycles. The van der Waals surface area contributed by atoms with Gasteiger partial charge in [-0.25, -0.2) is 4.99 Å². The van der Waals surface area contributed by atoms with E-state index in [1.165, 1.54) is 0 Å². The van der Waals surface area contributed by atoms with Gasteiger partial charge in [0.25, 0.3) is 0 Å². The Bertz CT molecular complexity index is 96.5.